The number of halogens is 1. The molecular formula is C8H11ClOSi. The molecule has 1 nitrogen and oxygen atoms in total. The Kier molecular flexibility index (Phi) is 2.71. The lowest BCUT2D eigenvalue weighted by Gasteiger charge is -2.14. The first-order chi connectivity index (χ1) is 5.17. The Hall–Kier alpha value is -0.313. The van der Waals surface area contributed by atoms with Crippen LogP contribution in [0, 0.1) is 0 Å². The van der Waals surface area contributed by atoms with Gasteiger partial charge in [0.2, 0.25) is 0 Å². The third-order valence-corrected chi connectivity index (χ3v) is 5.30. The van der Waals surface area contributed by atoms with Crippen LogP contribution in [0.1, 0.15) is 6.92 Å². The predicted octanol–water partition coefficient (Wildman–Crippen LogP) is 1.59. The molecule has 1 aromatic carbocycles. The molecule has 0 saturated carbocycles. The van der Waals surface area contributed by atoms with Crippen molar-refractivity contribution >= 4 is 23.9 Å². The van der Waals surface area contributed by atoms with Gasteiger partial charge in [-0.05, 0) is 11.2 Å². The van der Waals surface area contributed by atoms with Crippen molar-refractivity contribution in [2.24, 2.45) is 0 Å². The fourth-order valence-corrected chi connectivity index (χ4v) is 2.39. The van der Waals surface area contributed by atoms with Crippen LogP contribution in [0.25, 0.3) is 0 Å². The molecule has 0 radical (unpaired) electrons. The van der Waals surface area contributed by atoms with Gasteiger partial charge in [0.15, 0.2) is 0 Å². The predicted molar refractivity (Wildman–Crippen MR) is 50.4 cm³/mol. The van der Waals surface area contributed by atoms with Crippen LogP contribution in [-0.2, 0) is 0 Å². The third-order valence-electron chi connectivity index (χ3n) is 1.68. The quantitative estimate of drug-likeness (QED) is 0.550. The monoisotopic (exact) mass is 186 g/mol. The highest BCUT2D eigenvalue weighted by molar-refractivity contribution is 7.23. The summed E-state index contributed by atoms with van der Waals surface area (Å²) in [6, 6.07) is 10.1. The lowest BCUT2D eigenvalue weighted by Crippen LogP contribution is -2.41. The summed E-state index contributed by atoms with van der Waals surface area (Å²) in [6.45, 7) is 1.91. The second kappa shape index (κ2) is 3.39. The van der Waals surface area contributed by atoms with Crippen LogP contribution in [0.3, 0.4) is 0 Å². The average molecular weight is 187 g/mol. The molecule has 60 valence electrons. The molecule has 1 unspecified atom stereocenters. The van der Waals surface area contributed by atoms with Gasteiger partial charge < -0.3 is 4.80 Å². The summed E-state index contributed by atoms with van der Waals surface area (Å²) in [5, 5.41) is 0.893. The maximum absolute atomic E-state index is 9.70. The van der Waals surface area contributed by atoms with E-state index in [1.807, 2.05) is 37.3 Å². The van der Waals surface area contributed by atoms with Crippen molar-refractivity contribution < 1.29 is 4.80 Å². The molecule has 1 aromatic rings. The molecule has 0 aliphatic heterocycles. The highest BCUT2D eigenvalue weighted by Gasteiger charge is 2.27. The maximum atomic E-state index is 9.70. The van der Waals surface area contributed by atoms with Gasteiger partial charge in [0.25, 0.3) is 0 Å². The average Bonchev–Trinajstić information content (AvgIpc) is 2.06. The number of hydrogen-bond acceptors (Lipinski definition) is 1. The van der Waals surface area contributed by atoms with Crippen molar-refractivity contribution in [3.8, 4) is 0 Å². The smallest absolute Gasteiger partial charge is 0.319 e. The van der Waals surface area contributed by atoms with E-state index in [1.165, 1.54) is 0 Å². The summed E-state index contributed by atoms with van der Waals surface area (Å²) in [4.78, 5) is 9.70. The molecule has 0 aliphatic rings. The third kappa shape index (κ3) is 2.06. The van der Waals surface area contributed by atoms with E-state index >= 15 is 0 Å². The Morgan fingerprint density at radius 2 is 1.91 bits per heavy atom. The lowest BCUT2D eigenvalue weighted by atomic mass is 10.4. The molecule has 0 fully saturated rings. The second-order valence-corrected chi connectivity index (χ2v) is 7.16. The fraction of sp³-hybridized carbons (Fsp3) is 0.250. The van der Waals surface area contributed by atoms with Crippen LogP contribution in [-0.4, -0.2) is 12.4 Å². The lowest BCUT2D eigenvalue weighted by molar-refractivity contribution is 0.576. The van der Waals surface area contributed by atoms with E-state index in [2.05, 4.69) is 0 Å². The van der Waals surface area contributed by atoms with Gasteiger partial charge >= 0.3 is 7.63 Å². The van der Waals surface area contributed by atoms with Crippen LogP contribution < -0.4 is 5.19 Å². The van der Waals surface area contributed by atoms with Crippen molar-refractivity contribution in [3.05, 3.63) is 30.3 Å². The van der Waals surface area contributed by atoms with Gasteiger partial charge in [-0.1, -0.05) is 37.3 Å². The van der Waals surface area contributed by atoms with Crippen LogP contribution >= 0.6 is 11.1 Å². The Morgan fingerprint density at radius 1 is 1.36 bits per heavy atom. The van der Waals surface area contributed by atoms with Crippen molar-refractivity contribution in [1.82, 2.24) is 0 Å². The molecule has 1 rings (SSSR count). The largest absolute Gasteiger partial charge is 0.416 e. The van der Waals surface area contributed by atoms with E-state index in [-0.39, 0.29) is 0 Å². The summed E-state index contributed by atoms with van der Waals surface area (Å²) >= 11 is 5.94. The maximum Gasteiger partial charge on any atom is 0.319 e. The first-order valence-electron chi connectivity index (χ1n) is 3.63. The fourth-order valence-electron chi connectivity index (χ4n) is 0.898. The van der Waals surface area contributed by atoms with Gasteiger partial charge in [0.1, 0.15) is 0 Å². The first kappa shape index (κ1) is 8.78. The topological polar surface area (TPSA) is 20.2 Å². The van der Waals surface area contributed by atoms with Crippen molar-refractivity contribution in [3.63, 3.8) is 0 Å². The normalized spacial score (nSPS) is 15.9. The molecule has 0 heterocycles. The molecular weight excluding hydrogens is 176 g/mol. The molecule has 0 amide bonds. The van der Waals surface area contributed by atoms with Crippen molar-refractivity contribution in [1.29, 1.82) is 0 Å². The van der Waals surface area contributed by atoms with E-state index in [4.69, 9.17) is 11.1 Å². The molecule has 0 aromatic heterocycles. The van der Waals surface area contributed by atoms with Crippen LogP contribution in [0.15, 0.2) is 30.3 Å². The minimum atomic E-state index is -2.58. The summed E-state index contributed by atoms with van der Waals surface area (Å²) in [6.07, 6.45) is 0. The minimum Gasteiger partial charge on any atom is -0.416 e. The van der Waals surface area contributed by atoms with Gasteiger partial charge in [-0.25, -0.2) is 0 Å². The van der Waals surface area contributed by atoms with Gasteiger partial charge in [-0.2, -0.15) is 0 Å². The molecule has 1 N–H and O–H groups in total. The standard InChI is InChI=1S/C8H11ClOSi/c1-2-11(9,10)8-6-4-3-5-7-8/h3-7,10H,2H2,1H3. The Bertz CT molecular complexity index is 223. The van der Waals surface area contributed by atoms with E-state index < -0.39 is 7.63 Å². The second-order valence-electron chi connectivity index (χ2n) is 2.48. The van der Waals surface area contributed by atoms with Gasteiger partial charge in [0, 0.05) is 0 Å². The van der Waals surface area contributed by atoms with Crippen LogP contribution in [0.5, 0.6) is 0 Å². The number of hydrogen-bond donors (Lipinski definition) is 1. The SMILES string of the molecule is CC[Si](O)(Cl)c1ccccc1. The molecule has 11 heavy (non-hydrogen) atoms. The van der Waals surface area contributed by atoms with Crippen LogP contribution in [0.4, 0.5) is 0 Å². The number of benzene rings is 1. The summed E-state index contributed by atoms with van der Waals surface area (Å²) in [5.41, 5.74) is 0. The van der Waals surface area contributed by atoms with Crippen molar-refractivity contribution in [2.75, 3.05) is 0 Å². The van der Waals surface area contributed by atoms with E-state index in [0.29, 0.717) is 6.04 Å². The van der Waals surface area contributed by atoms with E-state index in [0.717, 1.165) is 5.19 Å². The molecule has 1 atom stereocenters. The highest BCUT2D eigenvalue weighted by atomic mass is 35.6. The minimum absolute atomic E-state index is 0.651. The van der Waals surface area contributed by atoms with Gasteiger partial charge in [-0.3, -0.25) is 0 Å². The van der Waals surface area contributed by atoms with Gasteiger partial charge in [-0.15, -0.1) is 11.1 Å². The Labute approximate surface area is 72.5 Å². The van der Waals surface area contributed by atoms with E-state index in [1.54, 1.807) is 0 Å². The Morgan fingerprint density at radius 3 is 2.36 bits per heavy atom. The number of rotatable bonds is 2. The summed E-state index contributed by atoms with van der Waals surface area (Å²) in [7, 11) is -2.58. The first-order valence-corrected chi connectivity index (χ1v) is 6.80. The van der Waals surface area contributed by atoms with Gasteiger partial charge in [0.05, 0.1) is 0 Å². The molecule has 3 heteroatoms. The zero-order valence-electron chi connectivity index (χ0n) is 6.42. The molecule has 0 saturated heterocycles. The highest BCUT2D eigenvalue weighted by Crippen LogP contribution is 2.09. The van der Waals surface area contributed by atoms with E-state index in [9.17, 15) is 4.80 Å². The summed E-state index contributed by atoms with van der Waals surface area (Å²) < 4.78 is 0. The molecule has 0 spiro atoms. The Balaban J connectivity index is 2.93. The zero-order chi connectivity index (χ0) is 8.32. The molecule has 0 aliphatic carbocycles. The van der Waals surface area contributed by atoms with Crippen molar-refractivity contribution in [2.45, 2.75) is 13.0 Å². The zero-order valence-corrected chi connectivity index (χ0v) is 8.17. The van der Waals surface area contributed by atoms with Crippen LogP contribution in [0.2, 0.25) is 6.04 Å². The summed E-state index contributed by atoms with van der Waals surface area (Å²) in [5.74, 6) is 0. The molecule has 0 bridgehead atoms.